The van der Waals surface area contributed by atoms with Crippen LogP contribution in [0.3, 0.4) is 0 Å². The quantitative estimate of drug-likeness (QED) is 0.291. The predicted octanol–water partition coefficient (Wildman–Crippen LogP) is 6.73. The van der Waals surface area contributed by atoms with Crippen LogP contribution in [0.1, 0.15) is 56.7 Å². The molecule has 0 heterocycles. The molecule has 0 saturated carbocycles. The molecule has 5 rings (SSSR count). The molecule has 2 nitrogen and oxygen atoms in total. The molecule has 1 unspecified atom stereocenters. The Labute approximate surface area is 205 Å². The lowest BCUT2D eigenvalue weighted by Gasteiger charge is -2.38. The third kappa shape index (κ3) is 3.57. The van der Waals surface area contributed by atoms with E-state index >= 15 is 0 Å². The van der Waals surface area contributed by atoms with Crippen LogP contribution in [0.15, 0.2) is 66.7 Å². The van der Waals surface area contributed by atoms with E-state index in [1.54, 1.807) is 13.8 Å². The van der Waals surface area contributed by atoms with Gasteiger partial charge in [0.15, 0.2) is 0 Å². The Balaban J connectivity index is 1.52. The van der Waals surface area contributed by atoms with Gasteiger partial charge in [-0.05, 0) is 113 Å². The van der Waals surface area contributed by atoms with Crippen LogP contribution in [-0.4, -0.2) is 23.8 Å². The van der Waals surface area contributed by atoms with Gasteiger partial charge >= 0.3 is 7.48 Å². The SMILES string of the molecule is CC(C)(O)C(C)(C)OBC1=CCC2c3ccc(-c4ccccc4I)cc3-c3cccc1c32. The van der Waals surface area contributed by atoms with Crippen LogP contribution in [0.2, 0.25) is 0 Å². The highest BCUT2D eigenvalue weighted by molar-refractivity contribution is 14.1. The number of rotatable bonds is 5. The van der Waals surface area contributed by atoms with Crippen LogP contribution in [0.4, 0.5) is 0 Å². The summed E-state index contributed by atoms with van der Waals surface area (Å²) in [5.74, 6) is 0.408. The maximum atomic E-state index is 10.5. The fourth-order valence-corrected chi connectivity index (χ4v) is 5.45. The lowest BCUT2D eigenvalue weighted by molar-refractivity contribution is -0.0892. The van der Waals surface area contributed by atoms with E-state index in [9.17, 15) is 5.11 Å². The lowest BCUT2D eigenvalue weighted by atomic mass is 9.71. The Hall–Kier alpha value is -1.89. The van der Waals surface area contributed by atoms with E-state index in [1.165, 1.54) is 48.0 Å². The number of halogens is 1. The van der Waals surface area contributed by atoms with Crippen LogP contribution in [-0.2, 0) is 4.65 Å². The number of hydrogen-bond donors (Lipinski definition) is 1. The summed E-state index contributed by atoms with van der Waals surface area (Å²) in [6.07, 6.45) is 3.32. The average Bonchev–Trinajstić information content (AvgIpc) is 3.08. The molecule has 2 aliphatic carbocycles. The van der Waals surface area contributed by atoms with Crippen LogP contribution < -0.4 is 0 Å². The lowest BCUT2D eigenvalue weighted by Crippen LogP contribution is -2.48. The summed E-state index contributed by atoms with van der Waals surface area (Å²) < 4.78 is 7.51. The van der Waals surface area contributed by atoms with Crippen molar-refractivity contribution in [3.8, 4) is 22.3 Å². The van der Waals surface area contributed by atoms with Crippen molar-refractivity contribution >= 4 is 35.5 Å². The Kier molecular flexibility index (Phi) is 5.39. The van der Waals surface area contributed by atoms with Gasteiger partial charge in [0, 0.05) is 9.49 Å². The molecule has 0 spiro atoms. The standard InChI is InChI=1S/C28H28BIO2/c1-27(2,31)28(3,4)32-29-24-15-14-21-19-13-12-17(18-8-5-6-11-25(18)30)16-23(19)20-9-7-10-22(24)26(20)21/h5-13,15-16,21,29,31H,14H2,1-4H3. The molecule has 3 aromatic carbocycles. The first-order chi connectivity index (χ1) is 15.2. The number of benzene rings is 3. The first-order valence-electron chi connectivity index (χ1n) is 11.3. The van der Waals surface area contributed by atoms with Gasteiger partial charge in [0.1, 0.15) is 0 Å². The molecule has 0 saturated heterocycles. The normalized spacial score (nSPS) is 16.9. The minimum atomic E-state index is -0.912. The average molecular weight is 534 g/mol. The third-order valence-corrected chi connectivity index (χ3v) is 8.31. The van der Waals surface area contributed by atoms with Crippen molar-refractivity contribution in [3.63, 3.8) is 0 Å². The fourth-order valence-electron chi connectivity index (χ4n) is 4.75. The third-order valence-electron chi connectivity index (χ3n) is 7.37. The van der Waals surface area contributed by atoms with E-state index in [-0.39, 0.29) is 0 Å². The zero-order valence-corrected chi connectivity index (χ0v) is 21.2. The molecule has 0 aromatic heterocycles. The molecule has 4 heteroatoms. The van der Waals surface area contributed by atoms with Gasteiger partial charge in [-0.2, -0.15) is 0 Å². The molecular weight excluding hydrogens is 506 g/mol. The molecule has 0 aliphatic heterocycles. The summed E-state index contributed by atoms with van der Waals surface area (Å²) in [5, 5.41) is 10.5. The maximum absolute atomic E-state index is 10.5. The summed E-state index contributed by atoms with van der Waals surface area (Å²) in [5.41, 5.74) is 9.09. The second-order valence-corrected chi connectivity index (χ2v) is 11.1. The monoisotopic (exact) mass is 534 g/mol. The molecule has 0 radical (unpaired) electrons. The van der Waals surface area contributed by atoms with Gasteiger partial charge < -0.3 is 9.76 Å². The van der Waals surface area contributed by atoms with E-state index in [4.69, 9.17) is 4.65 Å². The van der Waals surface area contributed by atoms with E-state index in [0.717, 1.165) is 6.42 Å². The molecule has 162 valence electrons. The van der Waals surface area contributed by atoms with Gasteiger partial charge in [-0.1, -0.05) is 54.6 Å². The number of fused-ring (bicyclic) bond motifs is 3. The van der Waals surface area contributed by atoms with Crippen LogP contribution >= 0.6 is 22.6 Å². The zero-order chi connectivity index (χ0) is 22.7. The van der Waals surface area contributed by atoms with Crippen molar-refractivity contribution in [1.82, 2.24) is 0 Å². The smallest absolute Gasteiger partial charge is 0.309 e. The molecule has 2 aliphatic rings. The van der Waals surface area contributed by atoms with E-state index < -0.39 is 11.2 Å². The molecule has 1 atom stereocenters. The van der Waals surface area contributed by atoms with Gasteiger partial charge in [0.25, 0.3) is 0 Å². The van der Waals surface area contributed by atoms with E-state index in [0.29, 0.717) is 13.4 Å². The van der Waals surface area contributed by atoms with Gasteiger partial charge in [-0.25, -0.2) is 0 Å². The van der Waals surface area contributed by atoms with Gasteiger partial charge in [-0.3, -0.25) is 0 Å². The number of hydrogen-bond acceptors (Lipinski definition) is 2. The highest BCUT2D eigenvalue weighted by Crippen LogP contribution is 2.52. The minimum Gasteiger partial charge on any atom is -0.427 e. The van der Waals surface area contributed by atoms with Crippen molar-refractivity contribution in [2.45, 2.75) is 51.2 Å². The van der Waals surface area contributed by atoms with Crippen molar-refractivity contribution in [3.05, 3.63) is 87.0 Å². The van der Waals surface area contributed by atoms with Crippen molar-refractivity contribution in [2.24, 2.45) is 0 Å². The molecule has 32 heavy (non-hydrogen) atoms. The second kappa shape index (κ2) is 7.86. The van der Waals surface area contributed by atoms with Crippen LogP contribution in [0, 0.1) is 3.57 Å². The zero-order valence-electron chi connectivity index (χ0n) is 19.1. The first-order valence-corrected chi connectivity index (χ1v) is 12.3. The molecule has 3 aromatic rings. The Bertz CT molecular complexity index is 1240. The van der Waals surface area contributed by atoms with Crippen molar-refractivity contribution in [1.29, 1.82) is 0 Å². The summed E-state index contributed by atoms with van der Waals surface area (Å²) >= 11 is 2.42. The largest absolute Gasteiger partial charge is 0.427 e. The summed E-state index contributed by atoms with van der Waals surface area (Å²) in [6.45, 7) is 7.52. The Morgan fingerprint density at radius 2 is 1.62 bits per heavy atom. The highest BCUT2D eigenvalue weighted by atomic mass is 127. The Morgan fingerprint density at radius 1 is 0.906 bits per heavy atom. The molecule has 0 fully saturated rings. The van der Waals surface area contributed by atoms with Crippen molar-refractivity contribution < 1.29 is 9.76 Å². The summed E-state index contributed by atoms with van der Waals surface area (Å²) in [6, 6.07) is 22.2. The minimum absolute atomic E-state index is 0.408. The summed E-state index contributed by atoms with van der Waals surface area (Å²) in [4.78, 5) is 0. The van der Waals surface area contributed by atoms with Crippen molar-refractivity contribution in [2.75, 3.05) is 0 Å². The molecular formula is C28H28BIO2. The second-order valence-electron chi connectivity index (χ2n) is 9.92. The predicted molar refractivity (Wildman–Crippen MR) is 143 cm³/mol. The van der Waals surface area contributed by atoms with Crippen LogP contribution in [0.5, 0.6) is 0 Å². The van der Waals surface area contributed by atoms with Crippen LogP contribution in [0.25, 0.3) is 27.7 Å². The number of aliphatic hydroxyl groups is 1. The highest BCUT2D eigenvalue weighted by Gasteiger charge is 2.38. The van der Waals surface area contributed by atoms with Gasteiger partial charge in [-0.15, -0.1) is 0 Å². The molecule has 0 bridgehead atoms. The fraction of sp³-hybridized carbons (Fsp3) is 0.286. The number of allylic oxidation sites excluding steroid dienone is 1. The Morgan fingerprint density at radius 3 is 2.38 bits per heavy atom. The van der Waals surface area contributed by atoms with Gasteiger partial charge in [0.2, 0.25) is 0 Å². The maximum Gasteiger partial charge on any atom is 0.309 e. The van der Waals surface area contributed by atoms with E-state index in [2.05, 4.69) is 89.3 Å². The van der Waals surface area contributed by atoms with Gasteiger partial charge in [0.05, 0.1) is 11.2 Å². The van der Waals surface area contributed by atoms with E-state index in [1.807, 2.05) is 13.8 Å². The topological polar surface area (TPSA) is 29.5 Å². The molecule has 0 amide bonds. The first kappa shape index (κ1) is 21.9. The summed E-state index contributed by atoms with van der Waals surface area (Å²) in [7, 11) is 0.504. The molecule has 1 N–H and O–H groups in total.